The summed E-state index contributed by atoms with van der Waals surface area (Å²) in [5.74, 6) is -1.56. The molecule has 0 atom stereocenters. The smallest absolute Gasteiger partial charge is 0.381 e. The second-order valence-electron chi connectivity index (χ2n) is 5.21. The van der Waals surface area contributed by atoms with Crippen LogP contribution in [0.2, 0.25) is 0 Å². The van der Waals surface area contributed by atoms with E-state index in [0.29, 0.717) is 6.07 Å². The summed E-state index contributed by atoms with van der Waals surface area (Å²) in [5.41, 5.74) is -0.581. The molecule has 1 heterocycles. The summed E-state index contributed by atoms with van der Waals surface area (Å²) >= 11 is 0.899. The number of ether oxygens (including phenoxy) is 1. The Morgan fingerprint density at radius 1 is 1.07 bits per heavy atom. The zero-order valence-electron chi connectivity index (χ0n) is 13.2. The molecule has 3 rings (SSSR count). The lowest BCUT2D eigenvalue weighted by Gasteiger charge is -2.08. The number of aromatic nitrogens is 1. The van der Waals surface area contributed by atoms with E-state index in [4.69, 9.17) is 4.74 Å². The number of halogens is 5. The molecule has 1 aromatic heterocycles. The van der Waals surface area contributed by atoms with Crippen molar-refractivity contribution in [3.05, 3.63) is 65.0 Å². The molecule has 0 saturated carbocycles. The number of amides is 1. The molecule has 3 aromatic rings. The number of anilines is 1. The van der Waals surface area contributed by atoms with Crippen molar-refractivity contribution < 1.29 is 31.5 Å². The van der Waals surface area contributed by atoms with Gasteiger partial charge in [0.2, 0.25) is 0 Å². The molecule has 0 spiro atoms. The Kier molecular flexibility index (Phi) is 5.08. The van der Waals surface area contributed by atoms with Crippen LogP contribution in [0.15, 0.2) is 47.8 Å². The molecule has 0 unspecified atom stereocenters. The molecule has 4 nitrogen and oxygen atoms in total. The van der Waals surface area contributed by atoms with E-state index in [-0.39, 0.29) is 22.1 Å². The van der Waals surface area contributed by atoms with Crippen LogP contribution in [-0.2, 0) is 6.18 Å². The average molecular weight is 400 g/mol. The zero-order valence-corrected chi connectivity index (χ0v) is 14.0. The zero-order chi connectivity index (χ0) is 19.6. The van der Waals surface area contributed by atoms with Gasteiger partial charge in [0.25, 0.3) is 5.19 Å². The van der Waals surface area contributed by atoms with E-state index in [2.05, 4.69) is 10.3 Å². The molecule has 2 aromatic carbocycles. The number of nitrogens with zero attached hydrogens (tertiary/aromatic N) is 1. The lowest BCUT2D eigenvalue weighted by atomic mass is 10.1. The van der Waals surface area contributed by atoms with Crippen LogP contribution >= 0.6 is 11.3 Å². The highest BCUT2D eigenvalue weighted by molar-refractivity contribution is 7.11. The van der Waals surface area contributed by atoms with Crippen LogP contribution < -0.4 is 10.1 Å². The first kappa shape index (κ1) is 18.8. The van der Waals surface area contributed by atoms with E-state index in [0.717, 1.165) is 41.7 Å². The minimum atomic E-state index is -4.48. The van der Waals surface area contributed by atoms with Gasteiger partial charge in [0, 0.05) is 22.7 Å². The van der Waals surface area contributed by atoms with Crippen molar-refractivity contribution in [1.82, 2.24) is 4.98 Å². The van der Waals surface area contributed by atoms with Gasteiger partial charge in [0.15, 0.2) is 0 Å². The molecule has 0 saturated heterocycles. The Bertz CT molecular complexity index is 970. The number of thiazole rings is 1. The fraction of sp³-hybridized carbons (Fsp3) is 0.0588. The van der Waals surface area contributed by atoms with Gasteiger partial charge in [0.05, 0.1) is 11.3 Å². The standard InChI is InChI=1S/C17H9F5N2O2S/c18-10-3-6-12(13(19)7-10)14-8-27-16(24-14)26-15(25)23-11-4-1-9(2-5-11)17(20,21)22/h1-8H,(H,23,25). The third-order valence-electron chi connectivity index (χ3n) is 3.33. The first-order valence-electron chi connectivity index (χ1n) is 7.29. The second-order valence-corrected chi connectivity index (χ2v) is 6.03. The predicted molar refractivity (Wildman–Crippen MR) is 88.6 cm³/mol. The quantitative estimate of drug-likeness (QED) is 0.573. The molecule has 1 N–H and O–H groups in total. The number of nitrogens with one attached hydrogen (secondary N) is 1. The van der Waals surface area contributed by atoms with Crippen LogP contribution in [0.3, 0.4) is 0 Å². The first-order chi connectivity index (χ1) is 12.7. The largest absolute Gasteiger partial charge is 0.419 e. The fourth-order valence-corrected chi connectivity index (χ4v) is 2.76. The summed E-state index contributed by atoms with van der Waals surface area (Å²) in [5, 5.41) is 3.55. The van der Waals surface area contributed by atoms with Gasteiger partial charge in [-0.1, -0.05) is 11.3 Å². The first-order valence-corrected chi connectivity index (χ1v) is 8.17. The Morgan fingerprint density at radius 3 is 2.41 bits per heavy atom. The summed E-state index contributed by atoms with van der Waals surface area (Å²) in [4.78, 5) is 15.7. The average Bonchev–Trinajstić information content (AvgIpc) is 3.02. The van der Waals surface area contributed by atoms with Gasteiger partial charge < -0.3 is 4.74 Å². The van der Waals surface area contributed by atoms with Crippen LogP contribution in [0.1, 0.15) is 5.56 Å². The number of carbonyl (C=O) groups excluding carboxylic acids is 1. The molecule has 0 fully saturated rings. The number of carbonyl (C=O) groups is 1. The van der Waals surface area contributed by atoms with Crippen molar-refractivity contribution in [2.45, 2.75) is 6.18 Å². The highest BCUT2D eigenvalue weighted by Crippen LogP contribution is 2.30. The van der Waals surface area contributed by atoms with Gasteiger partial charge in [0.1, 0.15) is 11.6 Å². The highest BCUT2D eigenvalue weighted by atomic mass is 32.1. The van der Waals surface area contributed by atoms with Crippen LogP contribution in [0.4, 0.5) is 32.4 Å². The molecule has 0 radical (unpaired) electrons. The maximum atomic E-state index is 13.7. The summed E-state index contributed by atoms with van der Waals surface area (Å²) in [7, 11) is 0. The minimum Gasteiger partial charge on any atom is -0.381 e. The van der Waals surface area contributed by atoms with Gasteiger partial charge in [-0.15, -0.1) is 0 Å². The normalized spacial score (nSPS) is 11.3. The minimum absolute atomic E-state index is 0.0330. The van der Waals surface area contributed by atoms with Crippen molar-refractivity contribution in [2.24, 2.45) is 0 Å². The maximum absolute atomic E-state index is 13.7. The molecular formula is C17H9F5N2O2S. The Hall–Kier alpha value is -3.01. The molecule has 140 valence electrons. The monoisotopic (exact) mass is 400 g/mol. The van der Waals surface area contributed by atoms with Crippen molar-refractivity contribution in [1.29, 1.82) is 0 Å². The van der Waals surface area contributed by atoms with Crippen LogP contribution in [0.5, 0.6) is 5.19 Å². The van der Waals surface area contributed by atoms with Crippen LogP contribution in [-0.4, -0.2) is 11.1 Å². The summed E-state index contributed by atoms with van der Waals surface area (Å²) in [6.07, 6.45) is -5.46. The molecule has 0 bridgehead atoms. The Labute approximate surface area is 153 Å². The van der Waals surface area contributed by atoms with Gasteiger partial charge in [-0.05, 0) is 36.4 Å². The van der Waals surface area contributed by atoms with Crippen molar-refractivity contribution in [3.8, 4) is 16.5 Å². The Balaban J connectivity index is 1.66. The van der Waals surface area contributed by atoms with E-state index in [9.17, 15) is 26.7 Å². The van der Waals surface area contributed by atoms with Crippen molar-refractivity contribution >= 4 is 23.1 Å². The molecule has 10 heteroatoms. The molecular weight excluding hydrogens is 391 g/mol. The van der Waals surface area contributed by atoms with E-state index in [1.54, 1.807) is 0 Å². The second kappa shape index (κ2) is 7.31. The summed E-state index contributed by atoms with van der Waals surface area (Å²) in [6, 6.07) is 6.74. The third-order valence-corrected chi connectivity index (χ3v) is 4.05. The van der Waals surface area contributed by atoms with Gasteiger partial charge >= 0.3 is 12.3 Å². The Morgan fingerprint density at radius 2 is 1.78 bits per heavy atom. The van der Waals surface area contributed by atoms with Crippen LogP contribution in [0.25, 0.3) is 11.3 Å². The SMILES string of the molecule is O=C(Nc1ccc(C(F)(F)F)cc1)Oc1nc(-c2ccc(F)cc2F)cs1. The van der Waals surface area contributed by atoms with Gasteiger partial charge in [-0.2, -0.15) is 13.2 Å². The van der Waals surface area contributed by atoms with E-state index in [1.807, 2.05) is 0 Å². The third kappa shape index (κ3) is 4.59. The molecule has 0 aliphatic heterocycles. The number of rotatable bonds is 3. The van der Waals surface area contributed by atoms with Crippen molar-refractivity contribution in [2.75, 3.05) is 5.32 Å². The van der Waals surface area contributed by atoms with E-state index in [1.165, 1.54) is 11.4 Å². The maximum Gasteiger partial charge on any atom is 0.419 e. The van der Waals surface area contributed by atoms with Gasteiger partial charge in [-0.25, -0.2) is 18.6 Å². The summed E-state index contributed by atoms with van der Waals surface area (Å²) < 4.78 is 69.1. The topological polar surface area (TPSA) is 51.2 Å². The highest BCUT2D eigenvalue weighted by Gasteiger charge is 2.30. The predicted octanol–water partition coefficient (Wildman–Crippen LogP) is 5.72. The van der Waals surface area contributed by atoms with E-state index >= 15 is 0 Å². The molecule has 0 aliphatic carbocycles. The molecule has 27 heavy (non-hydrogen) atoms. The van der Waals surface area contributed by atoms with Gasteiger partial charge in [-0.3, -0.25) is 5.32 Å². The number of hydrogen-bond acceptors (Lipinski definition) is 4. The number of alkyl halides is 3. The van der Waals surface area contributed by atoms with E-state index < -0.39 is 29.5 Å². The fourth-order valence-electron chi connectivity index (χ4n) is 2.09. The molecule has 0 aliphatic rings. The molecule has 1 amide bonds. The lowest BCUT2D eigenvalue weighted by Crippen LogP contribution is -2.16. The van der Waals surface area contributed by atoms with Crippen LogP contribution in [0, 0.1) is 11.6 Å². The number of benzene rings is 2. The number of hydrogen-bond donors (Lipinski definition) is 1. The lowest BCUT2D eigenvalue weighted by molar-refractivity contribution is -0.137. The summed E-state index contributed by atoms with van der Waals surface area (Å²) in [6.45, 7) is 0. The van der Waals surface area contributed by atoms with Crippen molar-refractivity contribution in [3.63, 3.8) is 0 Å².